The number of rotatable bonds is 2. The predicted molar refractivity (Wildman–Crippen MR) is 151 cm³/mol. The molecular formula is C30H40N6O3. The molecule has 39 heavy (non-hydrogen) atoms. The molecule has 0 aliphatic carbocycles. The second kappa shape index (κ2) is 12.6. The van der Waals surface area contributed by atoms with Crippen LogP contribution in [0.2, 0.25) is 0 Å². The number of benzene rings is 1. The summed E-state index contributed by atoms with van der Waals surface area (Å²) in [7, 11) is 0. The average molecular weight is 533 g/mol. The number of amides is 2. The summed E-state index contributed by atoms with van der Waals surface area (Å²) in [5.41, 5.74) is 3.31. The molecule has 1 fully saturated rings. The number of cyclic esters (lactones) is 1. The third kappa shape index (κ3) is 6.41. The number of nitrogens with zero attached hydrogens (tertiary/aromatic N) is 5. The topological polar surface area (TPSA) is 90.9 Å². The van der Waals surface area contributed by atoms with E-state index in [9.17, 15) is 9.59 Å². The molecule has 4 aliphatic rings. The van der Waals surface area contributed by atoms with Crippen molar-refractivity contribution >= 4 is 23.8 Å². The van der Waals surface area contributed by atoms with Crippen molar-refractivity contribution in [1.29, 1.82) is 0 Å². The Hall–Kier alpha value is -3.46. The van der Waals surface area contributed by atoms with Gasteiger partial charge in [0, 0.05) is 45.0 Å². The number of aromatic nitrogens is 2. The lowest BCUT2D eigenvalue weighted by molar-refractivity contribution is -0.128. The molecule has 4 bridgehead atoms. The van der Waals surface area contributed by atoms with Crippen LogP contribution in [-0.2, 0) is 16.1 Å². The number of fused-ring (bicyclic) bond motifs is 11. The van der Waals surface area contributed by atoms with Crippen molar-refractivity contribution < 1.29 is 14.3 Å². The number of carbonyl (C=O) groups is 2. The third-order valence-corrected chi connectivity index (χ3v) is 8.19. The van der Waals surface area contributed by atoms with E-state index >= 15 is 0 Å². The minimum absolute atomic E-state index is 0.00455. The van der Waals surface area contributed by atoms with Crippen molar-refractivity contribution in [3.63, 3.8) is 0 Å². The van der Waals surface area contributed by atoms with Crippen LogP contribution in [0.5, 0.6) is 0 Å². The van der Waals surface area contributed by atoms with Crippen molar-refractivity contribution in [3.8, 4) is 0 Å². The summed E-state index contributed by atoms with van der Waals surface area (Å²) >= 11 is 0. The highest BCUT2D eigenvalue weighted by Crippen LogP contribution is 2.31. The van der Waals surface area contributed by atoms with Gasteiger partial charge < -0.3 is 15.0 Å². The van der Waals surface area contributed by atoms with Gasteiger partial charge in [0.25, 0.3) is 0 Å². The summed E-state index contributed by atoms with van der Waals surface area (Å²) in [4.78, 5) is 40.0. The molecule has 1 aromatic carbocycles. The maximum Gasteiger partial charge on any atom is 0.415 e. The highest BCUT2D eigenvalue weighted by atomic mass is 16.6. The molecule has 5 heterocycles. The van der Waals surface area contributed by atoms with E-state index in [0.29, 0.717) is 24.4 Å². The fraction of sp³-hybridized carbons (Fsp3) is 0.533. The van der Waals surface area contributed by atoms with Crippen LogP contribution in [0, 0.1) is 0 Å². The molecule has 1 N–H and O–H groups in total. The second-order valence-electron chi connectivity index (χ2n) is 10.8. The Morgan fingerprint density at radius 1 is 1.00 bits per heavy atom. The van der Waals surface area contributed by atoms with E-state index in [1.165, 1.54) is 30.9 Å². The Labute approximate surface area is 231 Å². The van der Waals surface area contributed by atoms with Crippen molar-refractivity contribution in [2.75, 3.05) is 42.9 Å². The summed E-state index contributed by atoms with van der Waals surface area (Å²) < 4.78 is 5.37. The Balaban J connectivity index is 1.35. The van der Waals surface area contributed by atoms with Crippen molar-refractivity contribution in [3.05, 3.63) is 59.8 Å². The minimum Gasteiger partial charge on any atom is -0.444 e. The van der Waals surface area contributed by atoms with Gasteiger partial charge in [0.1, 0.15) is 12.4 Å². The first kappa shape index (κ1) is 27.1. The normalized spacial score (nSPS) is 23.2. The summed E-state index contributed by atoms with van der Waals surface area (Å²) in [5.74, 6) is 1.18. The van der Waals surface area contributed by atoms with Gasteiger partial charge in [0.05, 0.1) is 11.6 Å². The molecule has 9 heteroatoms. The van der Waals surface area contributed by atoms with Gasteiger partial charge in [-0.25, -0.2) is 9.78 Å². The molecule has 1 aromatic heterocycles. The molecule has 6 rings (SSSR count). The quantitative estimate of drug-likeness (QED) is 0.530. The fourth-order valence-corrected chi connectivity index (χ4v) is 5.85. The Morgan fingerprint density at radius 2 is 1.69 bits per heavy atom. The second-order valence-corrected chi connectivity index (χ2v) is 10.8. The number of anilines is 2. The van der Waals surface area contributed by atoms with E-state index in [4.69, 9.17) is 9.72 Å². The smallest absolute Gasteiger partial charge is 0.415 e. The minimum atomic E-state index is -0.331. The zero-order chi connectivity index (χ0) is 27.2. The van der Waals surface area contributed by atoms with E-state index < -0.39 is 0 Å². The summed E-state index contributed by atoms with van der Waals surface area (Å²) in [5, 5.41) is 3.42. The monoisotopic (exact) mass is 532 g/mol. The number of hydrogen-bond acceptors (Lipinski definition) is 7. The van der Waals surface area contributed by atoms with E-state index in [0.717, 1.165) is 63.0 Å². The molecule has 1 saturated heterocycles. The van der Waals surface area contributed by atoms with E-state index in [1.54, 1.807) is 11.1 Å². The van der Waals surface area contributed by atoms with Gasteiger partial charge >= 0.3 is 6.09 Å². The van der Waals surface area contributed by atoms with E-state index in [-0.39, 0.29) is 24.6 Å². The first-order chi connectivity index (χ1) is 19.0. The molecule has 0 saturated carbocycles. The van der Waals surface area contributed by atoms with Crippen LogP contribution in [0.3, 0.4) is 0 Å². The van der Waals surface area contributed by atoms with E-state index in [1.807, 2.05) is 4.90 Å². The Bertz CT molecular complexity index is 1160. The molecular weight excluding hydrogens is 492 g/mol. The van der Waals surface area contributed by atoms with Crippen LogP contribution in [0.15, 0.2) is 43.1 Å². The molecule has 2 amide bonds. The highest BCUT2D eigenvalue weighted by molar-refractivity contribution is 5.89. The van der Waals surface area contributed by atoms with Crippen molar-refractivity contribution in [2.45, 2.75) is 70.6 Å². The van der Waals surface area contributed by atoms with Gasteiger partial charge in [0.2, 0.25) is 11.9 Å². The van der Waals surface area contributed by atoms with Gasteiger partial charge in [-0.1, -0.05) is 62.9 Å². The molecule has 0 spiro atoms. The number of nitrogens with one attached hydrogen (secondary N) is 1. The van der Waals surface area contributed by atoms with Crippen LogP contribution >= 0.6 is 0 Å². The van der Waals surface area contributed by atoms with Crippen molar-refractivity contribution in [1.82, 2.24) is 19.8 Å². The van der Waals surface area contributed by atoms with Crippen LogP contribution in [0.1, 0.15) is 80.6 Å². The van der Waals surface area contributed by atoms with E-state index in [2.05, 4.69) is 53.0 Å². The lowest BCUT2D eigenvalue weighted by Crippen LogP contribution is -2.49. The fourth-order valence-electron chi connectivity index (χ4n) is 5.85. The summed E-state index contributed by atoms with van der Waals surface area (Å²) in [6, 6.07) is 9.21. The first-order valence-corrected chi connectivity index (χ1v) is 14.4. The van der Waals surface area contributed by atoms with Crippen molar-refractivity contribution in [2.24, 2.45) is 0 Å². The van der Waals surface area contributed by atoms with Crippen LogP contribution in [0.4, 0.5) is 16.6 Å². The molecule has 2 aromatic rings. The molecule has 9 nitrogen and oxygen atoms in total. The first-order valence-electron chi connectivity index (χ1n) is 14.4. The Morgan fingerprint density at radius 3 is 2.44 bits per heavy atom. The standard InChI is InChI=1S/C30H40N6O3/c1-3-27(37)35-18-16-34(17-19-35)26-10-8-6-4-5-7-9-15-36-28-25(21-39-30(36)38)20-31-29(33-28)32-22(2)23-11-13-24(26)14-12-23/h3,11-14,20,22,26H,1,4-10,15-19,21H2,2H3,(H,31,32,33)/t22-,26?/m0/s1. The third-order valence-electron chi connectivity index (χ3n) is 8.19. The molecule has 0 radical (unpaired) electrons. The molecule has 4 aliphatic heterocycles. The molecule has 208 valence electrons. The predicted octanol–water partition coefficient (Wildman–Crippen LogP) is 5.22. The maximum absolute atomic E-state index is 12.5. The molecule has 2 atom stereocenters. The van der Waals surface area contributed by atoms with Gasteiger partial charge in [-0.3, -0.25) is 14.6 Å². The van der Waals surface area contributed by atoms with Crippen LogP contribution < -0.4 is 10.2 Å². The highest BCUT2D eigenvalue weighted by Gasteiger charge is 2.29. The summed E-state index contributed by atoms with van der Waals surface area (Å²) in [6.07, 6.45) is 10.6. The maximum atomic E-state index is 12.5. The van der Waals surface area contributed by atoms with Gasteiger partial charge in [-0.05, 0) is 37.0 Å². The van der Waals surface area contributed by atoms with Crippen LogP contribution in [0.25, 0.3) is 0 Å². The SMILES string of the molecule is C=CC(=O)N1CCN(C2CCCCCCCCN3C(=O)OCc4cnc(nc43)N[C@@H](C)c3ccc2cc3)CC1. The molecule has 1 unspecified atom stereocenters. The van der Waals surface area contributed by atoms with Crippen LogP contribution in [-0.4, -0.2) is 64.5 Å². The largest absolute Gasteiger partial charge is 0.444 e. The number of piperazine rings is 1. The average Bonchev–Trinajstić information content (AvgIpc) is 2.97. The Kier molecular flexibility index (Phi) is 8.76. The number of carbonyl (C=O) groups excluding carboxylic acids is 2. The zero-order valence-electron chi connectivity index (χ0n) is 23.0. The zero-order valence-corrected chi connectivity index (χ0v) is 23.0. The lowest BCUT2D eigenvalue weighted by Gasteiger charge is -2.39. The summed E-state index contributed by atoms with van der Waals surface area (Å²) in [6.45, 7) is 9.78. The van der Waals surface area contributed by atoms with Gasteiger partial charge in [-0.15, -0.1) is 0 Å². The number of ether oxygens (including phenoxy) is 1. The van der Waals surface area contributed by atoms with Gasteiger partial charge in [0.15, 0.2) is 0 Å². The van der Waals surface area contributed by atoms with Gasteiger partial charge in [-0.2, -0.15) is 4.98 Å². The lowest BCUT2D eigenvalue weighted by atomic mass is 9.95. The number of hydrogen-bond donors (Lipinski definition) is 1.